The average molecular weight is 343 g/mol. The molecule has 0 heterocycles. The molecule has 0 amide bonds. The maximum Gasteiger partial charge on any atom is 0.274 e. The molecule has 2 aromatic carbocycles. The molecule has 126 valence electrons. The van der Waals surface area contributed by atoms with E-state index in [1.807, 2.05) is 12.1 Å². The van der Waals surface area contributed by atoms with Crippen molar-refractivity contribution in [1.29, 1.82) is 0 Å². The van der Waals surface area contributed by atoms with E-state index in [-0.39, 0.29) is 5.69 Å². The molecule has 0 saturated heterocycles. The summed E-state index contributed by atoms with van der Waals surface area (Å²) in [6.45, 7) is 6.06. The van der Waals surface area contributed by atoms with Gasteiger partial charge in [-0.1, -0.05) is 32.0 Å². The molecule has 2 rings (SSSR count). The number of rotatable bonds is 5. The molecule has 1 unspecified atom stereocenters. The summed E-state index contributed by atoms with van der Waals surface area (Å²) in [6, 6.07) is 13.1. The van der Waals surface area contributed by atoms with Gasteiger partial charge in [0.2, 0.25) is 0 Å². The number of nitrogens with one attached hydrogen (secondary N) is 2. The Labute approximate surface area is 147 Å². The summed E-state index contributed by atoms with van der Waals surface area (Å²) in [5.74, 6) is 0.525. The fraction of sp³-hybridized carbons (Fsp3) is 0.278. The second-order valence-electron chi connectivity index (χ2n) is 5.77. The van der Waals surface area contributed by atoms with Crippen molar-refractivity contribution in [3.63, 3.8) is 0 Å². The molecule has 1 atom stereocenters. The molecular formula is C18H21N3O2S. The van der Waals surface area contributed by atoms with Gasteiger partial charge < -0.3 is 10.6 Å². The third-order valence-corrected chi connectivity index (χ3v) is 4.22. The normalized spacial score (nSPS) is 11.6. The molecular weight excluding hydrogens is 322 g/mol. The van der Waals surface area contributed by atoms with Crippen LogP contribution in [0.4, 0.5) is 17.1 Å². The van der Waals surface area contributed by atoms with Crippen LogP contribution in [0.25, 0.3) is 0 Å². The number of hydrogen-bond acceptors (Lipinski definition) is 3. The molecule has 5 nitrogen and oxygen atoms in total. The van der Waals surface area contributed by atoms with Crippen LogP contribution in [0, 0.1) is 17.0 Å². The SMILES string of the molecule is CCC(C)c1ccc(NC(=S)Nc2ccc(C)c([N+](=O)[O-])c2)cc1. The van der Waals surface area contributed by atoms with Gasteiger partial charge >= 0.3 is 0 Å². The summed E-state index contributed by atoms with van der Waals surface area (Å²) in [5.41, 5.74) is 3.43. The Hall–Kier alpha value is -2.47. The van der Waals surface area contributed by atoms with Gasteiger partial charge in [0.15, 0.2) is 5.11 Å². The lowest BCUT2D eigenvalue weighted by atomic mass is 9.99. The molecule has 6 heteroatoms. The van der Waals surface area contributed by atoms with E-state index >= 15 is 0 Å². The van der Waals surface area contributed by atoms with Crippen LogP contribution in [0.1, 0.15) is 37.3 Å². The molecule has 0 radical (unpaired) electrons. The topological polar surface area (TPSA) is 67.2 Å². The zero-order valence-corrected chi connectivity index (χ0v) is 14.8. The van der Waals surface area contributed by atoms with Gasteiger partial charge in [0, 0.05) is 23.0 Å². The Morgan fingerprint density at radius 2 is 1.75 bits per heavy atom. The third kappa shape index (κ3) is 4.52. The maximum atomic E-state index is 11.0. The van der Waals surface area contributed by atoms with Gasteiger partial charge in [-0.2, -0.15) is 0 Å². The van der Waals surface area contributed by atoms with E-state index in [2.05, 4.69) is 36.6 Å². The number of nitro groups is 1. The summed E-state index contributed by atoms with van der Waals surface area (Å²) >= 11 is 5.28. The zero-order chi connectivity index (χ0) is 17.7. The van der Waals surface area contributed by atoms with E-state index in [0.29, 0.717) is 22.3 Å². The summed E-state index contributed by atoms with van der Waals surface area (Å²) in [6.07, 6.45) is 1.10. The molecule has 0 saturated carbocycles. The van der Waals surface area contributed by atoms with E-state index in [1.54, 1.807) is 19.1 Å². The Kier molecular flexibility index (Phi) is 5.87. The molecule has 0 aliphatic carbocycles. The number of anilines is 2. The Morgan fingerprint density at radius 1 is 1.17 bits per heavy atom. The minimum Gasteiger partial charge on any atom is -0.332 e. The van der Waals surface area contributed by atoms with E-state index in [1.165, 1.54) is 11.6 Å². The first-order valence-corrected chi connectivity index (χ1v) is 8.24. The Balaban J connectivity index is 2.03. The van der Waals surface area contributed by atoms with Gasteiger partial charge in [-0.3, -0.25) is 10.1 Å². The average Bonchev–Trinajstić information content (AvgIpc) is 2.56. The summed E-state index contributed by atoms with van der Waals surface area (Å²) in [7, 11) is 0. The highest BCUT2D eigenvalue weighted by Crippen LogP contribution is 2.23. The highest BCUT2D eigenvalue weighted by molar-refractivity contribution is 7.80. The van der Waals surface area contributed by atoms with Gasteiger partial charge in [-0.15, -0.1) is 0 Å². The van der Waals surface area contributed by atoms with Gasteiger partial charge in [-0.25, -0.2) is 0 Å². The number of nitro benzene ring substituents is 1. The minimum atomic E-state index is -0.398. The number of hydrogen-bond donors (Lipinski definition) is 2. The van der Waals surface area contributed by atoms with E-state index in [9.17, 15) is 10.1 Å². The Bertz CT molecular complexity index is 744. The molecule has 24 heavy (non-hydrogen) atoms. The lowest BCUT2D eigenvalue weighted by molar-refractivity contribution is -0.385. The highest BCUT2D eigenvalue weighted by Gasteiger charge is 2.11. The molecule has 0 fully saturated rings. The number of benzene rings is 2. The minimum absolute atomic E-state index is 0.0701. The standard InChI is InChI=1S/C18H21N3O2S/c1-4-12(2)14-6-9-15(10-7-14)19-18(24)20-16-8-5-13(3)17(11-16)21(22)23/h5-12H,4H2,1-3H3,(H2,19,20,24). The first-order chi connectivity index (χ1) is 11.4. The first-order valence-electron chi connectivity index (χ1n) is 7.83. The smallest absolute Gasteiger partial charge is 0.274 e. The van der Waals surface area contributed by atoms with Gasteiger partial charge in [0.1, 0.15) is 0 Å². The second kappa shape index (κ2) is 7.88. The quantitative estimate of drug-likeness (QED) is 0.442. The second-order valence-corrected chi connectivity index (χ2v) is 6.18. The third-order valence-electron chi connectivity index (χ3n) is 4.01. The van der Waals surface area contributed by atoms with Crippen molar-refractivity contribution in [2.24, 2.45) is 0 Å². The van der Waals surface area contributed by atoms with Crippen molar-refractivity contribution in [3.8, 4) is 0 Å². The monoisotopic (exact) mass is 343 g/mol. The maximum absolute atomic E-state index is 11.0. The van der Waals surface area contributed by atoms with E-state index in [0.717, 1.165) is 12.1 Å². The fourth-order valence-corrected chi connectivity index (χ4v) is 2.54. The van der Waals surface area contributed by atoms with Crippen molar-refractivity contribution >= 4 is 34.4 Å². The van der Waals surface area contributed by atoms with E-state index < -0.39 is 4.92 Å². The van der Waals surface area contributed by atoms with Crippen LogP contribution in [0.2, 0.25) is 0 Å². The lowest BCUT2D eigenvalue weighted by Crippen LogP contribution is -2.19. The van der Waals surface area contributed by atoms with Crippen molar-refractivity contribution in [2.45, 2.75) is 33.1 Å². The predicted octanol–water partition coefficient (Wildman–Crippen LogP) is 5.23. The summed E-state index contributed by atoms with van der Waals surface area (Å²) in [4.78, 5) is 10.6. The van der Waals surface area contributed by atoms with E-state index in [4.69, 9.17) is 12.2 Å². The summed E-state index contributed by atoms with van der Waals surface area (Å²) in [5, 5.41) is 17.5. The van der Waals surface area contributed by atoms with Crippen molar-refractivity contribution < 1.29 is 4.92 Å². The Morgan fingerprint density at radius 3 is 2.33 bits per heavy atom. The van der Waals surface area contributed by atoms with Crippen LogP contribution in [-0.4, -0.2) is 10.0 Å². The van der Waals surface area contributed by atoms with Crippen LogP contribution >= 0.6 is 12.2 Å². The van der Waals surface area contributed by atoms with Crippen LogP contribution in [-0.2, 0) is 0 Å². The largest absolute Gasteiger partial charge is 0.332 e. The van der Waals surface area contributed by atoms with Crippen LogP contribution in [0.3, 0.4) is 0 Å². The molecule has 2 aromatic rings. The van der Waals surface area contributed by atoms with Crippen LogP contribution in [0.15, 0.2) is 42.5 Å². The molecule has 0 aliphatic heterocycles. The van der Waals surface area contributed by atoms with Crippen LogP contribution in [0.5, 0.6) is 0 Å². The molecule has 0 aromatic heterocycles. The van der Waals surface area contributed by atoms with Gasteiger partial charge in [0.05, 0.1) is 4.92 Å². The summed E-state index contributed by atoms with van der Waals surface area (Å²) < 4.78 is 0. The fourth-order valence-electron chi connectivity index (χ4n) is 2.31. The van der Waals surface area contributed by atoms with Crippen molar-refractivity contribution in [3.05, 3.63) is 63.7 Å². The molecule has 0 spiro atoms. The predicted molar refractivity (Wildman–Crippen MR) is 103 cm³/mol. The van der Waals surface area contributed by atoms with Crippen molar-refractivity contribution in [2.75, 3.05) is 10.6 Å². The van der Waals surface area contributed by atoms with Crippen molar-refractivity contribution in [1.82, 2.24) is 0 Å². The van der Waals surface area contributed by atoms with Gasteiger partial charge in [0.25, 0.3) is 5.69 Å². The number of nitrogens with zero attached hydrogens (tertiary/aromatic N) is 1. The molecule has 2 N–H and O–H groups in total. The zero-order valence-electron chi connectivity index (χ0n) is 14.0. The van der Waals surface area contributed by atoms with Gasteiger partial charge in [-0.05, 0) is 55.2 Å². The highest BCUT2D eigenvalue weighted by atomic mass is 32.1. The van der Waals surface area contributed by atoms with Crippen LogP contribution < -0.4 is 10.6 Å². The number of thiocarbonyl (C=S) groups is 1. The number of aryl methyl sites for hydroxylation is 1. The lowest BCUT2D eigenvalue weighted by Gasteiger charge is -2.13. The molecule has 0 aliphatic rings. The first kappa shape index (κ1) is 17.9. The molecule has 0 bridgehead atoms.